The van der Waals surface area contributed by atoms with E-state index in [0.717, 1.165) is 31.4 Å². The highest BCUT2D eigenvalue weighted by molar-refractivity contribution is 5.80. The van der Waals surface area contributed by atoms with Crippen molar-refractivity contribution in [2.75, 3.05) is 6.61 Å². The molecule has 1 fully saturated rings. The Balaban J connectivity index is 2.12. The number of Topliss-reactive ketones (excluding diaryl/α,β-unsaturated/α-hetero) is 1. The van der Waals surface area contributed by atoms with Crippen molar-refractivity contribution in [3.05, 3.63) is 12.2 Å². The number of hydrogen-bond donors (Lipinski definition) is 0. The van der Waals surface area contributed by atoms with E-state index in [9.17, 15) is 4.79 Å². The average molecular weight is 210 g/mol. The first kappa shape index (κ1) is 12.4. The maximum atomic E-state index is 11.5. The molecule has 15 heavy (non-hydrogen) atoms. The zero-order valence-electron chi connectivity index (χ0n) is 9.76. The number of hydrogen-bond acceptors (Lipinski definition) is 2. The summed E-state index contributed by atoms with van der Waals surface area (Å²) in [5, 5.41) is 0. The van der Waals surface area contributed by atoms with Crippen LogP contribution in [-0.2, 0) is 9.53 Å². The summed E-state index contributed by atoms with van der Waals surface area (Å²) in [5.41, 5.74) is 1.05. The Morgan fingerprint density at radius 1 is 1.47 bits per heavy atom. The number of ether oxygens (including phenoxy) is 1. The molecule has 1 aliphatic rings. The number of allylic oxidation sites excluding steroid dienone is 1. The predicted molar refractivity (Wildman–Crippen MR) is 61.9 cm³/mol. The molecule has 86 valence electrons. The minimum atomic E-state index is 0.316. The Kier molecular flexibility index (Phi) is 5.62. The van der Waals surface area contributed by atoms with Crippen molar-refractivity contribution in [3.8, 4) is 0 Å². The molecule has 0 aromatic carbocycles. The van der Waals surface area contributed by atoms with Crippen LogP contribution in [0.3, 0.4) is 0 Å². The molecule has 1 heterocycles. The molecule has 0 spiro atoms. The van der Waals surface area contributed by atoms with E-state index < -0.39 is 0 Å². The fourth-order valence-electron chi connectivity index (χ4n) is 1.85. The predicted octanol–water partition coefficient (Wildman–Crippen LogP) is 3.26. The van der Waals surface area contributed by atoms with Crippen LogP contribution < -0.4 is 0 Å². The lowest BCUT2D eigenvalue weighted by Gasteiger charge is -2.22. The Labute approximate surface area is 92.7 Å². The largest absolute Gasteiger partial charge is 0.378 e. The van der Waals surface area contributed by atoms with Gasteiger partial charge in [0.1, 0.15) is 5.78 Å². The van der Waals surface area contributed by atoms with E-state index in [1.54, 1.807) is 0 Å². The highest BCUT2D eigenvalue weighted by Crippen LogP contribution is 2.18. The van der Waals surface area contributed by atoms with Gasteiger partial charge >= 0.3 is 0 Å². The molecule has 0 aromatic heterocycles. The summed E-state index contributed by atoms with van der Waals surface area (Å²) in [6, 6.07) is 0. The summed E-state index contributed by atoms with van der Waals surface area (Å²) in [5.74, 6) is 0.316. The molecule has 2 nitrogen and oxygen atoms in total. The molecule has 1 unspecified atom stereocenters. The molecule has 1 saturated heterocycles. The molecule has 0 aromatic rings. The third kappa shape index (κ3) is 5.12. The standard InChI is InChI=1S/C13H22O2/c1-3-11(2)10-12(14)7-8-13-6-4-5-9-15-13/h13H,2-10H2,1H3. The van der Waals surface area contributed by atoms with E-state index in [-0.39, 0.29) is 0 Å². The SMILES string of the molecule is C=C(CC)CC(=O)CCC1CCCCO1. The molecule has 0 amide bonds. The second-order valence-corrected chi connectivity index (χ2v) is 4.35. The van der Waals surface area contributed by atoms with E-state index in [2.05, 4.69) is 6.58 Å². The van der Waals surface area contributed by atoms with E-state index in [1.165, 1.54) is 12.8 Å². The summed E-state index contributed by atoms with van der Waals surface area (Å²) in [6.45, 7) is 6.77. The first-order valence-corrected chi connectivity index (χ1v) is 6.02. The van der Waals surface area contributed by atoms with Gasteiger partial charge < -0.3 is 4.74 Å². The van der Waals surface area contributed by atoms with Crippen molar-refractivity contribution < 1.29 is 9.53 Å². The van der Waals surface area contributed by atoms with Crippen molar-refractivity contribution in [3.63, 3.8) is 0 Å². The summed E-state index contributed by atoms with van der Waals surface area (Å²) in [7, 11) is 0. The molecule has 2 heteroatoms. The van der Waals surface area contributed by atoms with Crippen molar-refractivity contribution in [1.29, 1.82) is 0 Å². The molecule has 1 atom stereocenters. The van der Waals surface area contributed by atoms with Gasteiger partial charge in [0.05, 0.1) is 6.10 Å². The normalized spacial score (nSPS) is 21.3. The van der Waals surface area contributed by atoms with Crippen molar-refractivity contribution >= 4 is 5.78 Å². The van der Waals surface area contributed by atoms with E-state index >= 15 is 0 Å². The van der Waals surface area contributed by atoms with Crippen LogP contribution in [0.1, 0.15) is 51.9 Å². The fourth-order valence-corrected chi connectivity index (χ4v) is 1.85. The lowest BCUT2D eigenvalue weighted by Crippen LogP contribution is -2.20. The molecule has 0 N–H and O–H groups in total. The van der Waals surface area contributed by atoms with Crippen LogP contribution >= 0.6 is 0 Å². The van der Waals surface area contributed by atoms with E-state index in [0.29, 0.717) is 24.7 Å². The summed E-state index contributed by atoms with van der Waals surface area (Å²) in [6.07, 6.45) is 6.91. The van der Waals surface area contributed by atoms with Gasteiger partial charge in [0.25, 0.3) is 0 Å². The van der Waals surface area contributed by atoms with Gasteiger partial charge in [-0.15, -0.1) is 0 Å². The summed E-state index contributed by atoms with van der Waals surface area (Å²) >= 11 is 0. The van der Waals surface area contributed by atoms with Gasteiger partial charge in [-0.2, -0.15) is 0 Å². The lowest BCUT2D eigenvalue weighted by atomic mass is 10.00. The van der Waals surface area contributed by atoms with Gasteiger partial charge in [-0.1, -0.05) is 19.1 Å². The minimum absolute atomic E-state index is 0.316. The second-order valence-electron chi connectivity index (χ2n) is 4.35. The number of rotatable bonds is 6. The van der Waals surface area contributed by atoms with Crippen LogP contribution in [0.15, 0.2) is 12.2 Å². The molecule has 0 aliphatic carbocycles. The second kappa shape index (κ2) is 6.78. The van der Waals surface area contributed by atoms with Gasteiger partial charge in [0, 0.05) is 19.4 Å². The van der Waals surface area contributed by atoms with Crippen LogP contribution in [0, 0.1) is 0 Å². The van der Waals surface area contributed by atoms with Crippen molar-refractivity contribution in [2.45, 2.75) is 58.0 Å². The van der Waals surface area contributed by atoms with Gasteiger partial charge in [-0.05, 0) is 32.1 Å². The van der Waals surface area contributed by atoms with E-state index in [4.69, 9.17) is 4.74 Å². The van der Waals surface area contributed by atoms with Crippen LogP contribution in [0.4, 0.5) is 0 Å². The smallest absolute Gasteiger partial charge is 0.137 e. The Hall–Kier alpha value is -0.630. The number of ketones is 1. The molecule has 1 rings (SSSR count). The summed E-state index contributed by atoms with van der Waals surface area (Å²) < 4.78 is 5.58. The van der Waals surface area contributed by atoms with Gasteiger partial charge in [0.15, 0.2) is 0 Å². The Morgan fingerprint density at radius 2 is 2.27 bits per heavy atom. The van der Waals surface area contributed by atoms with Gasteiger partial charge in [0.2, 0.25) is 0 Å². The van der Waals surface area contributed by atoms with Crippen molar-refractivity contribution in [2.24, 2.45) is 0 Å². The highest BCUT2D eigenvalue weighted by atomic mass is 16.5. The topological polar surface area (TPSA) is 26.3 Å². The highest BCUT2D eigenvalue weighted by Gasteiger charge is 2.15. The zero-order valence-corrected chi connectivity index (χ0v) is 9.76. The maximum absolute atomic E-state index is 11.5. The Morgan fingerprint density at radius 3 is 2.87 bits per heavy atom. The molecule has 0 saturated carbocycles. The average Bonchev–Trinajstić information content (AvgIpc) is 2.27. The number of carbonyl (C=O) groups excluding carboxylic acids is 1. The zero-order chi connectivity index (χ0) is 11.1. The quantitative estimate of drug-likeness (QED) is 0.629. The third-order valence-corrected chi connectivity index (χ3v) is 2.97. The Bertz CT molecular complexity index is 215. The molecular weight excluding hydrogens is 188 g/mol. The van der Waals surface area contributed by atoms with Gasteiger partial charge in [-0.3, -0.25) is 4.79 Å². The lowest BCUT2D eigenvalue weighted by molar-refractivity contribution is -0.119. The third-order valence-electron chi connectivity index (χ3n) is 2.97. The van der Waals surface area contributed by atoms with E-state index in [1.807, 2.05) is 6.92 Å². The monoisotopic (exact) mass is 210 g/mol. The molecular formula is C13H22O2. The van der Waals surface area contributed by atoms with Crippen LogP contribution in [0.5, 0.6) is 0 Å². The maximum Gasteiger partial charge on any atom is 0.137 e. The first-order chi connectivity index (χ1) is 7.22. The van der Waals surface area contributed by atoms with Gasteiger partial charge in [-0.25, -0.2) is 0 Å². The minimum Gasteiger partial charge on any atom is -0.378 e. The molecule has 1 aliphatic heterocycles. The molecule has 0 bridgehead atoms. The first-order valence-electron chi connectivity index (χ1n) is 6.02. The van der Waals surface area contributed by atoms with Crippen LogP contribution in [-0.4, -0.2) is 18.5 Å². The van der Waals surface area contributed by atoms with Crippen LogP contribution in [0.2, 0.25) is 0 Å². The van der Waals surface area contributed by atoms with Crippen LogP contribution in [0.25, 0.3) is 0 Å². The molecule has 0 radical (unpaired) electrons. The number of carbonyl (C=O) groups is 1. The fraction of sp³-hybridized carbons (Fsp3) is 0.769. The summed E-state index contributed by atoms with van der Waals surface area (Å²) in [4.78, 5) is 11.5. The van der Waals surface area contributed by atoms with Crippen molar-refractivity contribution in [1.82, 2.24) is 0 Å².